The summed E-state index contributed by atoms with van der Waals surface area (Å²) in [5.74, 6) is -0.447. The second-order valence-electron chi connectivity index (χ2n) is 6.17. The van der Waals surface area contributed by atoms with Crippen molar-refractivity contribution in [2.75, 3.05) is 23.9 Å². The average molecular weight is 403 g/mol. The second kappa shape index (κ2) is 8.75. The van der Waals surface area contributed by atoms with E-state index in [1.165, 1.54) is 7.11 Å². The van der Waals surface area contributed by atoms with Crippen LogP contribution in [-0.2, 0) is 25.7 Å². The molecule has 146 valence electrons. The van der Waals surface area contributed by atoms with Crippen LogP contribution in [0.3, 0.4) is 0 Å². The highest BCUT2D eigenvalue weighted by Gasteiger charge is 2.26. The highest BCUT2D eigenvalue weighted by molar-refractivity contribution is 6.31. The molecule has 0 atom stereocenters. The van der Waals surface area contributed by atoms with E-state index in [0.29, 0.717) is 22.1 Å². The quantitative estimate of drug-likeness (QED) is 0.750. The highest BCUT2D eigenvalue weighted by Crippen LogP contribution is 2.36. The van der Waals surface area contributed by atoms with Crippen LogP contribution in [-0.4, -0.2) is 31.5 Å². The van der Waals surface area contributed by atoms with Gasteiger partial charge in [0.25, 0.3) is 5.91 Å². The molecule has 0 spiro atoms. The number of amides is 2. The lowest BCUT2D eigenvalue weighted by molar-refractivity contribution is -0.141. The SMILES string of the molecule is COC(=O)CCC(=O)Nc1ccc2c(c1)N(Cc1ccccc1Cl)C(=O)CO2. The first-order valence-electron chi connectivity index (χ1n) is 8.65. The van der Waals surface area contributed by atoms with Crippen LogP contribution in [0.1, 0.15) is 18.4 Å². The van der Waals surface area contributed by atoms with Gasteiger partial charge in [-0.15, -0.1) is 0 Å². The number of methoxy groups -OCH3 is 1. The molecule has 3 rings (SSSR count). The number of halogens is 1. The van der Waals surface area contributed by atoms with E-state index in [2.05, 4.69) is 10.1 Å². The van der Waals surface area contributed by atoms with Crippen LogP contribution < -0.4 is 15.0 Å². The lowest BCUT2D eigenvalue weighted by atomic mass is 10.1. The van der Waals surface area contributed by atoms with Crippen molar-refractivity contribution in [3.63, 3.8) is 0 Å². The molecule has 0 aromatic heterocycles. The Labute approximate surface area is 167 Å². The summed E-state index contributed by atoms with van der Waals surface area (Å²) < 4.78 is 10.0. The molecule has 0 radical (unpaired) electrons. The molecule has 7 nitrogen and oxygen atoms in total. The first-order valence-corrected chi connectivity index (χ1v) is 9.03. The van der Waals surface area contributed by atoms with Crippen molar-refractivity contribution in [2.24, 2.45) is 0 Å². The predicted molar refractivity (Wildman–Crippen MR) is 104 cm³/mol. The van der Waals surface area contributed by atoms with Gasteiger partial charge in [-0.2, -0.15) is 0 Å². The monoisotopic (exact) mass is 402 g/mol. The van der Waals surface area contributed by atoms with Crippen molar-refractivity contribution in [1.29, 1.82) is 0 Å². The number of nitrogens with one attached hydrogen (secondary N) is 1. The summed E-state index contributed by atoms with van der Waals surface area (Å²) >= 11 is 6.23. The largest absolute Gasteiger partial charge is 0.482 e. The van der Waals surface area contributed by atoms with Crippen molar-refractivity contribution >= 4 is 40.8 Å². The Bertz CT molecular complexity index is 915. The van der Waals surface area contributed by atoms with Gasteiger partial charge in [0.15, 0.2) is 6.61 Å². The van der Waals surface area contributed by atoms with E-state index in [-0.39, 0.29) is 37.8 Å². The second-order valence-corrected chi connectivity index (χ2v) is 6.57. The van der Waals surface area contributed by atoms with Crippen LogP contribution >= 0.6 is 11.6 Å². The topological polar surface area (TPSA) is 84.9 Å². The van der Waals surface area contributed by atoms with Crippen LogP contribution in [0.15, 0.2) is 42.5 Å². The van der Waals surface area contributed by atoms with E-state index in [1.807, 2.05) is 18.2 Å². The van der Waals surface area contributed by atoms with Crippen molar-refractivity contribution in [1.82, 2.24) is 0 Å². The van der Waals surface area contributed by atoms with Gasteiger partial charge in [-0.25, -0.2) is 0 Å². The van der Waals surface area contributed by atoms with Gasteiger partial charge in [0, 0.05) is 17.1 Å². The van der Waals surface area contributed by atoms with Gasteiger partial charge in [-0.3, -0.25) is 14.4 Å². The molecule has 1 N–H and O–H groups in total. The average Bonchev–Trinajstić information content (AvgIpc) is 2.69. The van der Waals surface area contributed by atoms with E-state index < -0.39 is 5.97 Å². The van der Waals surface area contributed by atoms with Crippen molar-refractivity contribution in [3.05, 3.63) is 53.1 Å². The number of esters is 1. The lowest BCUT2D eigenvalue weighted by Crippen LogP contribution is -2.38. The molecular formula is C20H19ClN2O5. The third kappa shape index (κ3) is 4.61. The summed E-state index contributed by atoms with van der Waals surface area (Å²) in [5, 5.41) is 3.28. The standard InChI is InChI=1S/C20H19ClN2O5/c1-27-20(26)9-8-18(24)22-14-6-7-17-16(10-14)23(19(25)12-28-17)11-13-4-2-3-5-15(13)21/h2-7,10H,8-9,11-12H2,1H3,(H,22,24). The van der Waals surface area contributed by atoms with Crippen LogP contribution in [0.25, 0.3) is 0 Å². The minimum absolute atomic E-state index is 0.00251. The van der Waals surface area contributed by atoms with Crippen LogP contribution in [0.4, 0.5) is 11.4 Å². The molecular weight excluding hydrogens is 384 g/mol. The van der Waals surface area contributed by atoms with Gasteiger partial charge in [0.1, 0.15) is 5.75 Å². The summed E-state index contributed by atoms with van der Waals surface area (Å²) in [6.07, 6.45) is -0.00394. The fourth-order valence-electron chi connectivity index (χ4n) is 2.79. The van der Waals surface area contributed by atoms with Crippen LogP contribution in [0, 0.1) is 0 Å². The van der Waals surface area contributed by atoms with Gasteiger partial charge in [-0.1, -0.05) is 29.8 Å². The summed E-state index contributed by atoms with van der Waals surface area (Å²) in [7, 11) is 1.27. The maximum atomic E-state index is 12.4. The molecule has 8 heteroatoms. The number of rotatable bonds is 6. The van der Waals surface area contributed by atoms with Crippen LogP contribution in [0.5, 0.6) is 5.75 Å². The Morgan fingerprint density at radius 1 is 1.21 bits per heavy atom. The van der Waals surface area contributed by atoms with Gasteiger partial charge < -0.3 is 19.7 Å². The summed E-state index contributed by atoms with van der Waals surface area (Å²) in [5.41, 5.74) is 1.84. The number of hydrogen-bond donors (Lipinski definition) is 1. The van der Waals surface area contributed by atoms with Gasteiger partial charge >= 0.3 is 5.97 Å². The maximum absolute atomic E-state index is 12.4. The normalized spacial score (nSPS) is 12.8. The molecule has 0 aliphatic carbocycles. The number of carbonyl (C=O) groups is 3. The first kappa shape index (κ1) is 19.7. The summed E-state index contributed by atoms with van der Waals surface area (Å²) in [4.78, 5) is 37.2. The first-order chi connectivity index (χ1) is 13.5. The summed E-state index contributed by atoms with van der Waals surface area (Å²) in [6, 6.07) is 12.3. The minimum atomic E-state index is -0.453. The molecule has 0 fully saturated rings. The van der Waals surface area contributed by atoms with Crippen LogP contribution in [0.2, 0.25) is 5.02 Å². The third-order valence-corrected chi connectivity index (χ3v) is 4.62. The summed E-state index contributed by atoms with van der Waals surface area (Å²) in [6.45, 7) is 0.219. The number of ether oxygens (including phenoxy) is 2. The Morgan fingerprint density at radius 2 is 2.00 bits per heavy atom. The Hall–Kier alpha value is -3.06. The molecule has 2 amide bonds. The van der Waals surface area contributed by atoms with E-state index >= 15 is 0 Å². The minimum Gasteiger partial charge on any atom is -0.482 e. The molecule has 2 aromatic carbocycles. The Balaban J connectivity index is 1.79. The van der Waals surface area contributed by atoms with Crippen molar-refractivity contribution in [3.8, 4) is 5.75 Å². The number of carbonyl (C=O) groups excluding carboxylic acids is 3. The molecule has 0 bridgehead atoms. The lowest BCUT2D eigenvalue weighted by Gasteiger charge is -2.30. The van der Waals surface area contributed by atoms with E-state index in [9.17, 15) is 14.4 Å². The number of fused-ring (bicyclic) bond motifs is 1. The molecule has 28 heavy (non-hydrogen) atoms. The van der Waals surface area contributed by atoms with E-state index in [4.69, 9.17) is 16.3 Å². The van der Waals surface area contributed by atoms with Gasteiger partial charge in [-0.05, 0) is 29.8 Å². The van der Waals surface area contributed by atoms with Gasteiger partial charge in [0.05, 0.1) is 25.8 Å². The Kier molecular flexibility index (Phi) is 6.16. The molecule has 0 saturated heterocycles. The fraction of sp³-hybridized carbons (Fsp3) is 0.250. The molecule has 1 aliphatic heterocycles. The zero-order valence-electron chi connectivity index (χ0n) is 15.2. The number of anilines is 2. The maximum Gasteiger partial charge on any atom is 0.306 e. The molecule has 1 heterocycles. The van der Waals surface area contributed by atoms with Crippen molar-refractivity contribution < 1.29 is 23.9 Å². The molecule has 2 aromatic rings. The smallest absolute Gasteiger partial charge is 0.306 e. The highest BCUT2D eigenvalue weighted by atomic mass is 35.5. The number of nitrogens with zero attached hydrogens (tertiary/aromatic N) is 1. The Morgan fingerprint density at radius 3 is 2.75 bits per heavy atom. The zero-order chi connectivity index (χ0) is 20.1. The number of benzene rings is 2. The molecule has 0 unspecified atom stereocenters. The predicted octanol–water partition coefficient (Wildman–Crippen LogP) is 3.16. The van der Waals surface area contributed by atoms with E-state index in [0.717, 1.165) is 5.56 Å². The third-order valence-electron chi connectivity index (χ3n) is 4.26. The van der Waals surface area contributed by atoms with Gasteiger partial charge in [0.2, 0.25) is 5.91 Å². The fourth-order valence-corrected chi connectivity index (χ4v) is 2.99. The van der Waals surface area contributed by atoms with E-state index in [1.54, 1.807) is 29.2 Å². The molecule has 1 aliphatic rings. The zero-order valence-corrected chi connectivity index (χ0v) is 16.0. The van der Waals surface area contributed by atoms with Crippen molar-refractivity contribution in [2.45, 2.75) is 19.4 Å². The molecule has 0 saturated carbocycles. The number of hydrogen-bond acceptors (Lipinski definition) is 5.